The number of nitrogen functional groups attached to an aromatic ring is 1. The van der Waals surface area contributed by atoms with E-state index < -0.39 is 41.8 Å². The third-order valence-corrected chi connectivity index (χ3v) is 6.47. The summed E-state index contributed by atoms with van der Waals surface area (Å²) in [5.41, 5.74) is 7.39. The molecule has 13 heteroatoms. The van der Waals surface area contributed by atoms with Crippen LogP contribution in [-0.4, -0.2) is 50.8 Å². The van der Waals surface area contributed by atoms with Crippen LogP contribution in [0.5, 0.6) is 5.75 Å². The van der Waals surface area contributed by atoms with Crippen LogP contribution >= 0.6 is 0 Å². The van der Waals surface area contributed by atoms with E-state index in [9.17, 15) is 22.4 Å². The fourth-order valence-electron chi connectivity index (χ4n) is 5.00. The number of hydrogen-bond donors (Lipinski definition) is 1. The van der Waals surface area contributed by atoms with Crippen molar-refractivity contribution in [1.29, 1.82) is 0 Å². The summed E-state index contributed by atoms with van der Waals surface area (Å²) < 4.78 is 78.7. The number of amides is 1. The van der Waals surface area contributed by atoms with Crippen molar-refractivity contribution in [3.8, 4) is 5.75 Å². The second-order valence-corrected chi connectivity index (χ2v) is 8.55. The van der Waals surface area contributed by atoms with Crippen molar-refractivity contribution < 1.29 is 36.2 Å². The molecule has 2 N–H and O–H groups in total. The molecule has 4 aromatic rings. The first-order valence-corrected chi connectivity index (χ1v) is 10.8. The highest BCUT2D eigenvalue weighted by atomic mass is 19.4. The van der Waals surface area contributed by atoms with Crippen molar-refractivity contribution in [3.63, 3.8) is 0 Å². The van der Waals surface area contributed by atoms with E-state index in [0.717, 1.165) is 18.2 Å². The predicted molar refractivity (Wildman–Crippen MR) is 115 cm³/mol. The molecule has 0 bridgehead atoms. The molecule has 6 rings (SSSR count). The van der Waals surface area contributed by atoms with Gasteiger partial charge in [-0.15, -0.1) is 13.2 Å². The number of benzene rings is 2. The quantitative estimate of drug-likeness (QED) is 0.417. The van der Waals surface area contributed by atoms with Gasteiger partial charge in [-0.05, 0) is 29.3 Å². The number of ether oxygens (including phenoxy) is 2. The second kappa shape index (κ2) is 7.75. The molecule has 2 atom stereocenters. The van der Waals surface area contributed by atoms with Crippen LogP contribution in [-0.2, 0) is 11.2 Å². The van der Waals surface area contributed by atoms with E-state index in [4.69, 9.17) is 10.5 Å². The zero-order valence-corrected chi connectivity index (χ0v) is 18.2. The minimum Gasteiger partial charge on any atom is -0.403 e. The second-order valence-electron chi connectivity index (χ2n) is 8.55. The van der Waals surface area contributed by atoms with Crippen LogP contribution < -0.4 is 10.5 Å². The molecule has 3 heterocycles. The normalized spacial score (nSPS) is 19.5. The highest BCUT2D eigenvalue weighted by Crippen LogP contribution is 2.43. The molecule has 0 unspecified atom stereocenters. The van der Waals surface area contributed by atoms with E-state index in [1.54, 1.807) is 4.40 Å². The number of aromatic nitrogens is 3. The van der Waals surface area contributed by atoms with Gasteiger partial charge in [0.1, 0.15) is 17.2 Å². The number of imidazole rings is 1. The average molecular weight is 505 g/mol. The first-order valence-electron chi connectivity index (χ1n) is 10.8. The molecular formula is C23H16F5N5O3. The average Bonchev–Trinajstić information content (AvgIpc) is 3.43. The van der Waals surface area contributed by atoms with Crippen LogP contribution in [0.2, 0.25) is 0 Å². The van der Waals surface area contributed by atoms with Gasteiger partial charge in [0, 0.05) is 19.0 Å². The lowest BCUT2D eigenvalue weighted by atomic mass is 10.0. The number of nitrogens with two attached hydrogens (primary N) is 1. The van der Waals surface area contributed by atoms with E-state index in [2.05, 4.69) is 14.7 Å². The van der Waals surface area contributed by atoms with Crippen molar-refractivity contribution in [2.75, 3.05) is 18.9 Å². The summed E-state index contributed by atoms with van der Waals surface area (Å²) in [6.07, 6.45) is -2.61. The largest absolute Gasteiger partial charge is 0.573 e. The maximum absolute atomic E-state index is 15.1. The molecule has 1 aliphatic heterocycles. The van der Waals surface area contributed by atoms with Gasteiger partial charge in [-0.1, -0.05) is 0 Å². The predicted octanol–water partition coefficient (Wildman–Crippen LogP) is 3.78. The fourth-order valence-corrected chi connectivity index (χ4v) is 5.00. The number of carbonyl (C=O) groups is 1. The number of morpholine rings is 1. The lowest BCUT2D eigenvalue weighted by molar-refractivity contribution is -0.275. The van der Waals surface area contributed by atoms with Crippen molar-refractivity contribution in [2.45, 2.75) is 24.9 Å². The Kier molecular flexibility index (Phi) is 4.84. The number of rotatable bonds is 2. The zero-order valence-electron chi connectivity index (χ0n) is 18.2. The summed E-state index contributed by atoms with van der Waals surface area (Å²) in [7, 11) is 0. The van der Waals surface area contributed by atoms with E-state index in [-0.39, 0.29) is 42.0 Å². The molecule has 1 amide bonds. The molecule has 1 aliphatic carbocycles. The van der Waals surface area contributed by atoms with Crippen molar-refractivity contribution in [2.24, 2.45) is 0 Å². The maximum atomic E-state index is 15.1. The van der Waals surface area contributed by atoms with Gasteiger partial charge in [0.2, 0.25) is 0 Å². The smallest absolute Gasteiger partial charge is 0.403 e. The number of fused-ring (bicyclic) bond motifs is 6. The Morgan fingerprint density at radius 1 is 1.14 bits per heavy atom. The Bertz CT molecular complexity index is 1550. The summed E-state index contributed by atoms with van der Waals surface area (Å²) >= 11 is 0. The Balaban J connectivity index is 1.41. The Morgan fingerprint density at radius 3 is 2.72 bits per heavy atom. The maximum Gasteiger partial charge on any atom is 0.573 e. The Hall–Kier alpha value is -4.00. The summed E-state index contributed by atoms with van der Waals surface area (Å²) in [5, 5.41) is 0. The van der Waals surface area contributed by atoms with Crippen LogP contribution in [0.25, 0.3) is 16.6 Å². The van der Waals surface area contributed by atoms with Crippen molar-refractivity contribution >= 4 is 28.3 Å². The van der Waals surface area contributed by atoms with Gasteiger partial charge in [-0.25, -0.2) is 18.7 Å². The number of halogens is 5. The van der Waals surface area contributed by atoms with Crippen LogP contribution in [0.3, 0.4) is 0 Å². The summed E-state index contributed by atoms with van der Waals surface area (Å²) in [5.74, 6) is -3.56. The van der Waals surface area contributed by atoms with Gasteiger partial charge < -0.3 is 20.1 Å². The molecule has 0 saturated carbocycles. The molecule has 1 fully saturated rings. The van der Waals surface area contributed by atoms with Crippen LogP contribution in [0.15, 0.2) is 36.8 Å². The lowest BCUT2D eigenvalue weighted by Crippen LogP contribution is -2.46. The fraction of sp³-hybridized carbons (Fsp3) is 0.261. The van der Waals surface area contributed by atoms with Crippen molar-refractivity contribution in [3.05, 3.63) is 65.1 Å². The van der Waals surface area contributed by atoms with Gasteiger partial charge in [0.05, 0.1) is 47.9 Å². The summed E-state index contributed by atoms with van der Waals surface area (Å²) in [6, 6.07) is 3.50. The van der Waals surface area contributed by atoms with Gasteiger partial charge >= 0.3 is 6.36 Å². The molecule has 0 radical (unpaired) electrons. The first kappa shape index (κ1) is 22.5. The van der Waals surface area contributed by atoms with Gasteiger partial charge in [-0.2, -0.15) is 0 Å². The third kappa shape index (κ3) is 3.49. The number of hydrogen-bond acceptors (Lipinski definition) is 6. The minimum atomic E-state index is -5.06. The van der Waals surface area contributed by atoms with E-state index in [0.29, 0.717) is 16.6 Å². The number of alkyl halides is 3. The van der Waals surface area contributed by atoms with Gasteiger partial charge in [0.25, 0.3) is 5.91 Å². The van der Waals surface area contributed by atoms with Crippen LogP contribution in [0.4, 0.5) is 27.8 Å². The molecule has 8 nitrogen and oxygen atoms in total. The lowest BCUT2D eigenvalue weighted by Gasteiger charge is -2.38. The van der Waals surface area contributed by atoms with Crippen molar-refractivity contribution in [1.82, 2.24) is 19.3 Å². The third-order valence-electron chi connectivity index (χ3n) is 6.47. The van der Waals surface area contributed by atoms with Crippen LogP contribution in [0, 0.1) is 11.6 Å². The van der Waals surface area contributed by atoms with Gasteiger partial charge in [-0.3, -0.25) is 9.20 Å². The Morgan fingerprint density at radius 2 is 1.94 bits per heavy atom. The van der Waals surface area contributed by atoms with E-state index >= 15 is 4.39 Å². The molecule has 1 saturated heterocycles. The summed E-state index contributed by atoms with van der Waals surface area (Å²) in [6.45, 7) is 0.189. The number of carbonyl (C=O) groups excluding carboxylic acids is 1. The van der Waals surface area contributed by atoms with E-state index in [1.807, 2.05) is 0 Å². The zero-order chi connectivity index (χ0) is 25.4. The molecule has 36 heavy (non-hydrogen) atoms. The van der Waals surface area contributed by atoms with E-state index in [1.165, 1.54) is 23.5 Å². The monoisotopic (exact) mass is 505 g/mol. The molecule has 2 aromatic heterocycles. The molecule has 0 spiro atoms. The van der Waals surface area contributed by atoms with Gasteiger partial charge in [0.15, 0.2) is 11.6 Å². The molecule has 186 valence electrons. The minimum absolute atomic E-state index is 0.0693. The SMILES string of the molecule is Nc1nc2cc(F)c(C(=O)N3CCO[C@@H]4Cc5cc(OC(F)(F)F)c(F)cc5[C@@H]43)cc2n2cncc12. The molecule has 2 aromatic carbocycles. The summed E-state index contributed by atoms with van der Waals surface area (Å²) in [4.78, 5) is 23.1. The highest BCUT2D eigenvalue weighted by molar-refractivity contribution is 5.99. The topological polar surface area (TPSA) is 95.0 Å². The molecular weight excluding hydrogens is 489 g/mol. The first-order chi connectivity index (χ1) is 17.1. The highest BCUT2D eigenvalue weighted by Gasteiger charge is 2.44. The number of anilines is 1. The molecule has 2 aliphatic rings. The standard InChI is InChI=1S/C23H16F5N5O3/c24-13-7-15-16(33-9-30-8-17(33)21(29)31-15)6-12(13)22(34)32-1-2-35-19-4-10-3-18(36-23(26,27)28)14(25)5-11(10)20(19)32/h3,5-9,19-20H,1-2,4H2,(H2,29,31)/t19-,20+/m1/s1. The number of nitrogens with zero attached hydrogens (tertiary/aromatic N) is 4. The van der Waals surface area contributed by atoms with Crippen LogP contribution in [0.1, 0.15) is 27.5 Å². The Labute approximate surface area is 199 Å².